The lowest BCUT2D eigenvalue weighted by molar-refractivity contribution is -0.137. The lowest BCUT2D eigenvalue weighted by atomic mass is 10.1. The molecule has 9 heteroatoms. The molecule has 5 nitrogen and oxygen atoms in total. The van der Waals surface area contributed by atoms with Crippen LogP contribution in [-0.2, 0) is 19.3 Å². The molecule has 2 aromatic heterocycles. The highest BCUT2D eigenvalue weighted by molar-refractivity contribution is 7.13. The fraction of sp³-hybridized carbons (Fsp3) is 0.125. The molecule has 0 spiro atoms. The number of hydrogen-bond donors (Lipinski definition) is 1. The number of amides is 1. The third-order valence-electron chi connectivity index (χ3n) is 4.71. The van der Waals surface area contributed by atoms with Crippen LogP contribution in [0.15, 0.2) is 78.4 Å². The molecule has 0 radical (unpaired) electrons. The van der Waals surface area contributed by atoms with E-state index in [1.54, 1.807) is 36.0 Å². The van der Waals surface area contributed by atoms with Gasteiger partial charge in [-0.3, -0.25) is 9.78 Å². The molecule has 4 rings (SSSR count). The van der Waals surface area contributed by atoms with Gasteiger partial charge in [-0.05, 0) is 47.5 Å². The fourth-order valence-electron chi connectivity index (χ4n) is 2.96. The van der Waals surface area contributed by atoms with Crippen LogP contribution in [0.3, 0.4) is 0 Å². The van der Waals surface area contributed by atoms with Crippen LogP contribution in [0.5, 0.6) is 5.75 Å². The first kappa shape index (κ1) is 22.5. The zero-order chi connectivity index (χ0) is 23.3. The van der Waals surface area contributed by atoms with Crippen LogP contribution in [0.4, 0.5) is 13.2 Å². The monoisotopic (exact) mass is 469 g/mol. The molecule has 0 aliphatic carbocycles. The number of hydrogen-bond acceptors (Lipinski definition) is 5. The van der Waals surface area contributed by atoms with E-state index < -0.39 is 11.7 Å². The van der Waals surface area contributed by atoms with E-state index >= 15 is 0 Å². The van der Waals surface area contributed by atoms with Crippen molar-refractivity contribution in [2.45, 2.75) is 19.3 Å². The Morgan fingerprint density at radius 1 is 1.00 bits per heavy atom. The fourth-order valence-corrected chi connectivity index (χ4v) is 3.76. The van der Waals surface area contributed by atoms with Gasteiger partial charge in [0, 0.05) is 29.9 Å². The van der Waals surface area contributed by atoms with Crippen LogP contribution in [0.2, 0.25) is 0 Å². The van der Waals surface area contributed by atoms with E-state index in [0.29, 0.717) is 28.6 Å². The molecule has 0 saturated carbocycles. The first-order valence-corrected chi connectivity index (χ1v) is 10.8. The second kappa shape index (κ2) is 9.83. The third kappa shape index (κ3) is 5.95. The summed E-state index contributed by atoms with van der Waals surface area (Å²) in [5.41, 5.74) is 1.96. The van der Waals surface area contributed by atoms with Gasteiger partial charge in [0.2, 0.25) is 0 Å². The van der Waals surface area contributed by atoms with Crippen LogP contribution < -0.4 is 10.1 Å². The summed E-state index contributed by atoms with van der Waals surface area (Å²) in [5, 5.41) is 5.17. The molecule has 0 atom stereocenters. The van der Waals surface area contributed by atoms with Crippen LogP contribution in [0.1, 0.15) is 27.2 Å². The van der Waals surface area contributed by atoms with Crippen molar-refractivity contribution in [2.75, 3.05) is 0 Å². The van der Waals surface area contributed by atoms with Crippen molar-refractivity contribution in [3.63, 3.8) is 0 Å². The minimum absolute atomic E-state index is 0.127. The average Bonchev–Trinajstić information content (AvgIpc) is 3.32. The van der Waals surface area contributed by atoms with E-state index in [0.717, 1.165) is 23.3 Å². The maximum atomic E-state index is 12.7. The number of nitrogens with zero attached hydrogens (tertiary/aromatic N) is 2. The quantitative estimate of drug-likeness (QED) is 0.375. The Kier molecular flexibility index (Phi) is 6.69. The molecule has 1 amide bonds. The summed E-state index contributed by atoms with van der Waals surface area (Å²) in [6.45, 7) is 0.504. The number of benzene rings is 2. The molecule has 0 aliphatic rings. The molecule has 1 N–H and O–H groups in total. The standard InChI is InChI=1S/C24H18F3N3O2S/c25-24(26,27)19-6-4-17(5-7-19)14-32-20-3-1-2-18(12-20)23-30-21(15-33-23)22(31)29-13-16-8-10-28-11-9-16/h1-12,15H,13-14H2,(H,29,31). The van der Waals surface area contributed by atoms with Gasteiger partial charge in [0.15, 0.2) is 0 Å². The highest BCUT2D eigenvalue weighted by Crippen LogP contribution is 2.30. The van der Waals surface area contributed by atoms with E-state index in [1.165, 1.54) is 23.5 Å². The number of ether oxygens (including phenoxy) is 1. The number of thiazole rings is 1. The largest absolute Gasteiger partial charge is 0.489 e. The number of carbonyl (C=O) groups is 1. The smallest absolute Gasteiger partial charge is 0.416 e. The average molecular weight is 469 g/mol. The number of aromatic nitrogens is 2. The molecule has 0 aliphatic heterocycles. The third-order valence-corrected chi connectivity index (χ3v) is 5.60. The first-order valence-electron chi connectivity index (χ1n) is 9.90. The molecular weight excluding hydrogens is 451 g/mol. The van der Waals surface area contributed by atoms with Gasteiger partial charge in [0.1, 0.15) is 23.1 Å². The van der Waals surface area contributed by atoms with Crippen molar-refractivity contribution in [2.24, 2.45) is 0 Å². The molecular formula is C24H18F3N3O2S. The van der Waals surface area contributed by atoms with Crippen LogP contribution in [0.25, 0.3) is 10.6 Å². The number of halogens is 3. The van der Waals surface area contributed by atoms with E-state index in [2.05, 4.69) is 15.3 Å². The van der Waals surface area contributed by atoms with Gasteiger partial charge in [-0.15, -0.1) is 11.3 Å². The molecule has 33 heavy (non-hydrogen) atoms. The predicted molar refractivity (Wildman–Crippen MR) is 119 cm³/mol. The predicted octanol–water partition coefficient (Wildman–Crippen LogP) is 5.73. The topological polar surface area (TPSA) is 64.1 Å². The highest BCUT2D eigenvalue weighted by Gasteiger charge is 2.29. The molecule has 4 aromatic rings. The van der Waals surface area contributed by atoms with Gasteiger partial charge in [-0.25, -0.2) is 4.98 Å². The van der Waals surface area contributed by atoms with Gasteiger partial charge >= 0.3 is 6.18 Å². The van der Waals surface area contributed by atoms with E-state index in [9.17, 15) is 18.0 Å². The Labute approximate surface area is 191 Å². The van der Waals surface area contributed by atoms with Crippen molar-refractivity contribution in [1.82, 2.24) is 15.3 Å². The van der Waals surface area contributed by atoms with Crippen molar-refractivity contribution in [1.29, 1.82) is 0 Å². The van der Waals surface area contributed by atoms with Gasteiger partial charge in [0.25, 0.3) is 5.91 Å². The number of alkyl halides is 3. The van der Waals surface area contributed by atoms with Gasteiger partial charge in [-0.1, -0.05) is 24.3 Å². The Balaban J connectivity index is 1.37. The van der Waals surface area contributed by atoms with E-state index in [1.807, 2.05) is 18.2 Å². The van der Waals surface area contributed by atoms with Crippen molar-refractivity contribution >= 4 is 17.2 Å². The molecule has 2 aromatic carbocycles. The van der Waals surface area contributed by atoms with E-state index in [4.69, 9.17) is 4.74 Å². The summed E-state index contributed by atoms with van der Waals surface area (Å²) in [6, 6.07) is 15.7. The van der Waals surface area contributed by atoms with E-state index in [-0.39, 0.29) is 12.5 Å². The zero-order valence-electron chi connectivity index (χ0n) is 17.2. The second-order valence-electron chi connectivity index (χ2n) is 7.09. The zero-order valence-corrected chi connectivity index (χ0v) is 18.0. The van der Waals surface area contributed by atoms with Gasteiger partial charge < -0.3 is 10.1 Å². The maximum absolute atomic E-state index is 12.7. The minimum atomic E-state index is -4.36. The summed E-state index contributed by atoms with van der Waals surface area (Å²) >= 11 is 1.34. The van der Waals surface area contributed by atoms with Crippen LogP contribution in [0, 0.1) is 0 Å². The summed E-state index contributed by atoms with van der Waals surface area (Å²) in [4.78, 5) is 20.8. The molecule has 0 saturated heterocycles. The minimum Gasteiger partial charge on any atom is -0.489 e. The molecule has 0 unspecified atom stereocenters. The molecule has 2 heterocycles. The van der Waals surface area contributed by atoms with Crippen LogP contribution >= 0.6 is 11.3 Å². The Hall–Kier alpha value is -3.72. The van der Waals surface area contributed by atoms with Crippen molar-refractivity contribution < 1.29 is 22.7 Å². The number of pyridine rings is 1. The first-order chi connectivity index (χ1) is 15.9. The van der Waals surface area contributed by atoms with Crippen molar-refractivity contribution in [3.05, 3.63) is 101 Å². The normalized spacial score (nSPS) is 11.2. The Morgan fingerprint density at radius 3 is 2.48 bits per heavy atom. The summed E-state index contributed by atoms with van der Waals surface area (Å²) in [6.07, 6.45) is -1.04. The Bertz CT molecular complexity index is 1230. The van der Waals surface area contributed by atoms with Gasteiger partial charge in [0.05, 0.1) is 5.56 Å². The summed E-state index contributed by atoms with van der Waals surface area (Å²) in [7, 11) is 0. The molecule has 0 bridgehead atoms. The number of rotatable bonds is 7. The Morgan fingerprint density at radius 2 is 1.76 bits per heavy atom. The summed E-state index contributed by atoms with van der Waals surface area (Å²) in [5.74, 6) is 0.273. The lowest BCUT2D eigenvalue weighted by Crippen LogP contribution is -2.23. The number of carbonyl (C=O) groups excluding carboxylic acids is 1. The van der Waals surface area contributed by atoms with Gasteiger partial charge in [-0.2, -0.15) is 13.2 Å². The number of nitrogens with one attached hydrogen (secondary N) is 1. The SMILES string of the molecule is O=C(NCc1ccncc1)c1csc(-c2cccc(OCc3ccc(C(F)(F)F)cc3)c2)n1. The molecule has 168 valence electrons. The van der Waals surface area contributed by atoms with Crippen molar-refractivity contribution in [3.8, 4) is 16.3 Å². The molecule has 0 fully saturated rings. The summed E-state index contributed by atoms with van der Waals surface area (Å²) < 4.78 is 43.8. The lowest BCUT2D eigenvalue weighted by Gasteiger charge is -2.09. The second-order valence-corrected chi connectivity index (χ2v) is 7.95. The maximum Gasteiger partial charge on any atom is 0.416 e. The van der Waals surface area contributed by atoms with Crippen LogP contribution in [-0.4, -0.2) is 15.9 Å². The highest BCUT2D eigenvalue weighted by atomic mass is 32.1.